The van der Waals surface area contributed by atoms with Gasteiger partial charge in [0.05, 0.1) is 36.6 Å². The van der Waals surface area contributed by atoms with Crippen LogP contribution >= 0.6 is 15.9 Å². The molecule has 3 aliphatic heterocycles. The molecule has 2 bridgehead atoms. The molecule has 1 unspecified atom stereocenters. The fraction of sp³-hybridized carbons (Fsp3) is 0.487. The van der Waals surface area contributed by atoms with Gasteiger partial charge in [-0.15, -0.1) is 13.2 Å². The van der Waals surface area contributed by atoms with Gasteiger partial charge in [0, 0.05) is 24.3 Å². The Hall–Kier alpha value is -3.80. The molecule has 3 fully saturated rings. The van der Waals surface area contributed by atoms with E-state index >= 15 is 0 Å². The highest BCUT2D eigenvalue weighted by atomic mass is 79.9. The number of esters is 1. The third-order valence-electron chi connectivity index (χ3n) is 10.2. The van der Waals surface area contributed by atoms with Gasteiger partial charge < -0.3 is 29.7 Å². The van der Waals surface area contributed by atoms with Gasteiger partial charge in [0.25, 0.3) is 0 Å². The Kier molecular flexibility index (Phi) is 12.0. The average Bonchev–Trinajstić information content (AvgIpc) is 3.70. The molecule has 0 aromatic heterocycles. The Morgan fingerprint density at radius 2 is 1.76 bits per heavy atom. The number of benzene rings is 2. The lowest BCUT2D eigenvalue weighted by atomic mass is 9.70. The molecule has 3 heterocycles. The zero-order chi connectivity index (χ0) is 36.2. The quantitative estimate of drug-likeness (QED) is 0.145. The second-order valence-corrected chi connectivity index (χ2v) is 15.0. The molecule has 50 heavy (non-hydrogen) atoms. The van der Waals surface area contributed by atoms with E-state index in [-0.39, 0.29) is 48.7 Å². The lowest BCUT2D eigenvalue weighted by molar-refractivity contribution is -0.162. The highest BCUT2D eigenvalue weighted by Crippen LogP contribution is 2.61. The number of carbonyl (C=O) groups is 4. The number of nitrogens with one attached hydrogen (secondary N) is 1. The number of alkyl halides is 1. The van der Waals surface area contributed by atoms with Gasteiger partial charge >= 0.3 is 5.97 Å². The van der Waals surface area contributed by atoms with E-state index in [1.807, 2.05) is 74.5 Å². The molecule has 3 saturated heterocycles. The minimum absolute atomic E-state index is 0.202. The topological polar surface area (TPSA) is 125 Å². The van der Waals surface area contributed by atoms with E-state index in [0.29, 0.717) is 18.4 Å². The molecule has 0 saturated carbocycles. The number of rotatable bonds is 16. The normalized spacial score (nSPS) is 27.0. The molecule has 268 valence electrons. The van der Waals surface area contributed by atoms with Crippen molar-refractivity contribution in [1.82, 2.24) is 15.1 Å². The van der Waals surface area contributed by atoms with Crippen LogP contribution in [0.4, 0.5) is 0 Å². The fourth-order valence-electron chi connectivity index (χ4n) is 7.90. The van der Waals surface area contributed by atoms with E-state index in [2.05, 4.69) is 34.4 Å². The first-order chi connectivity index (χ1) is 24.0. The maximum Gasteiger partial charge on any atom is 0.313 e. The first-order valence-electron chi connectivity index (χ1n) is 17.3. The van der Waals surface area contributed by atoms with Gasteiger partial charge in [0.15, 0.2) is 0 Å². The van der Waals surface area contributed by atoms with Gasteiger partial charge in [-0.3, -0.25) is 19.2 Å². The number of nitrogens with zero attached hydrogens (tertiary/aromatic N) is 2. The van der Waals surface area contributed by atoms with Crippen molar-refractivity contribution in [2.24, 2.45) is 17.8 Å². The van der Waals surface area contributed by atoms with Crippen LogP contribution in [0.2, 0.25) is 0 Å². The first kappa shape index (κ1) is 37.5. The summed E-state index contributed by atoms with van der Waals surface area (Å²) in [5.74, 6) is -3.87. The SMILES string of the molecule is C=CCCC(=O)N[C@H](C)[C@@H](OC(=O)[C@@H]1[C@H]2O[C@@]3(CC2Br)[C@H](C(=O)N(CC=C)Cc2ccccc2)N([C@@H](CO)C(C)C)C(=O)[C@@H]13)c1ccccc1. The van der Waals surface area contributed by atoms with E-state index in [0.717, 1.165) is 5.56 Å². The van der Waals surface area contributed by atoms with E-state index in [1.54, 1.807) is 24.0 Å². The van der Waals surface area contributed by atoms with Gasteiger partial charge in [-0.25, -0.2) is 0 Å². The van der Waals surface area contributed by atoms with Crippen molar-refractivity contribution in [1.29, 1.82) is 0 Å². The number of hydrogen-bond donors (Lipinski definition) is 2. The molecular formula is C39H48BrN3O7. The van der Waals surface area contributed by atoms with Crippen molar-refractivity contribution in [2.75, 3.05) is 13.2 Å². The minimum atomic E-state index is -1.35. The maximum atomic E-state index is 14.8. The molecular weight excluding hydrogens is 702 g/mol. The van der Waals surface area contributed by atoms with Crippen molar-refractivity contribution >= 4 is 39.6 Å². The Balaban J connectivity index is 1.52. The number of likely N-dealkylation sites (tertiary alicyclic amines) is 1. The molecule has 1 spiro atoms. The molecule has 0 aliphatic carbocycles. The molecule has 2 N–H and O–H groups in total. The summed E-state index contributed by atoms with van der Waals surface area (Å²) in [6.07, 6.45) is 2.77. The second kappa shape index (κ2) is 16.0. The van der Waals surface area contributed by atoms with Crippen molar-refractivity contribution in [2.45, 2.75) is 87.3 Å². The fourth-order valence-corrected chi connectivity index (χ4v) is 8.84. The maximum absolute atomic E-state index is 14.8. The second-order valence-electron chi connectivity index (χ2n) is 13.8. The van der Waals surface area contributed by atoms with Crippen LogP contribution in [0.3, 0.4) is 0 Å². The predicted molar refractivity (Wildman–Crippen MR) is 193 cm³/mol. The molecule has 2 aromatic carbocycles. The third kappa shape index (κ3) is 7.18. The Morgan fingerprint density at radius 1 is 1.10 bits per heavy atom. The zero-order valence-electron chi connectivity index (χ0n) is 29.0. The van der Waals surface area contributed by atoms with Crippen LogP contribution in [0, 0.1) is 17.8 Å². The minimum Gasteiger partial charge on any atom is -0.455 e. The van der Waals surface area contributed by atoms with E-state index in [1.165, 1.54) is 4.90 Å². The van der Waals surface area contributed by atoms with Crippen molar-refractivity contribution in [3.8, 4) is 0 Å². The van der Waals surface area contributed by atoms with E-state index < -0.39 is 59.6 Å². The smallest absolute Gasteiger partial charge is 0.313 e. The molecule has 9 atom stereocenters. The van der Waals surface area contributed by atoms with Gasteiger partial charge in [0.2, 0.25) is 17.7 Å². The third-order valence-corrected chi connectivity index (χ3v) is 11.1. The number of ether oxygens (including phenoxy) is 2. The summed E-state index contributed by atoms with van der Waals surface area (Å²) < 4.78 is 13.0. The first-order valence-corrected chi connectivity index (χ1v) is 18.2. The zero-order valence-corrected chi connectivity index (χ0v) is 30.5. The predicted octanol–water partition coefficient (Wildman–Crippen LogP) is 4.72. The monoisotopic (exact) mass is 749 g/mol. The summed E-state index contributed by atoms with van der Waals surface area (Å²) in [5, 5.41) is 13.6. The Morgan fingerprint density at radius 3 is 2.36 bits per heavy atom. The highest BCUT2D eigenvalue weighted by molar-refractivity contribution is 9.09. The van der Waals surface area contributed by atoms with Gasteiger partial charge in [-0.05, 0) is 36.8 Å². The van der Waals surface area contributed by atoms with Crippen LogP contribution in [-0.2, 0) is 35.2 Å². The van der Waals surface area contributed by atoms with Gasteiger partial charge in [-0.1, -0.05) is 103 Å². The number of aliphatic hydroxyl groups is 1. The molecule has 3 aliphatic rings. The van der Waals surface area contributed by atoms with Crippen molar-refractivity contribution in [3.63, 3.8) is 0 Å². The van der Waals surface area contributed by atoms with Crippen LogP contribution in [0.15, 0.2) is 86.0 Å². The summed E-state index contributed by atoms with van der Waals surface area (Å²) in [4.78, 5) is 59.5. The summed E-state index contributed by atoms with van der Waals surface area (Å²) in [5.41, 5.74) is 0.242. The number of allylic oxidation sites excluding steroid dienone is 1. The number of halogens is 1. The average molecular weight is 751 g/mol. The Labute approximate surface area is 303 Å². The summed E-state index contributed by atoms with van der Waals surface area (Å²) >= 11 is 3.74. The van der Waals surface area contributed by atoms with Crippen LogP contribution in [0.25, 0.3) is 0 Å². The summed E-state index contributed by atoms with van der Waals surface area (Å²) in [6.45, 7) is 13.2. The molecule has 0 radical (unpaired) electrons. The number of fused-ring (bicyclic) bond motifs is 1. The number of hydrogen-bond acceptors (Lipinski definition) is 7. The number of amides is 3. The standard InChI is InChI=1S/C39H48BrN3O7/c1-6-8-19-30(45)41-25(5)33(27-17-13-10-14-18-27)49-38(48)31-32-36(46)43(29(23-44)24(3)4)35(39(32)21-28(40)34(31)50-39)37(47)42(20-7-2)22-26-15-11-9-12-16-26/h6-7,9-18,24-25,28-29,31-35,44H,1-2,8,19-23H2,3-5H3,(H,41,45)/t25-,28?,29+,31+,32-,33-,34+,35+,39-/m1/s1. The van der Waals surface area contributed by atoms with Crippen molar-refractivity contribution < 1.29 is 33.8 Å². The molecule has 3 amide bonds. The van der Waals surface area contributed by atoms with Crippen molar-refractivity contribution in [3.05, 3.63) is 97.1 Å². The van der Waals surface area contributed by atoms with Crippen LogP contribution in [-0.4, -0.2) is 86.4 Å². The molecule has 10 nitrogen and oxygen atoms in total. The molecule has 5 rings (SSSR count). The summed E-state index contributed by atoms with van der Waals surface area (Å²) in [6, 6.07) is 16.3. The van der Waals surface area contributed by atoms with Gasteiger partial charge in [-0.2, -0.15) is 0 Å². The van der Waals surface area contributed by atoms with E-state index in [9.17, 15) is 24.3 Å². The highest BCUT2D eigenvalue weighted by Gasteiger charge is 2.77. The number of aliphatic hydroxyl groups excluding tert-OH is 1. The largest absolute Gasteiger partial charge is 0.455 e. The molecule has 2 aromatic rings. The van der Waals surface area contributed by atoms with Crippen LogP contribution < -0.4 is 5.32 Å². The van der Waals surface area contributed by atoms with Crippen LogP contribution in [0.5, 0.6) is 0 Å². The van der Waals surface area contributed by atoms with E-state index in [4.69, 9.17) is 9.47 Å². The summed E-state index contributed by atoms with van der Waals surface area (Å²) in [7, 11) is 0. The van der Waals surface area contributed by atoms with Crippen LogP contribution in [0.1, 0.15) is 57.3 Å². The molecule has 11 heteroatoms. The Bertz CT molecular complexity index is 1560. The lowest BCUT2D eigenvalue weighted by Gasteiger charge is -2.40. The lowest BCUT2D eigenvalue weighted by Crippen LogP contribution is -2.59. The number of carbonyl (C=O) groups excluding carboxylic acids is 4. The van der Waals surface area contributed by atoms with Gasteiger partial charge in [0.1, 0.15) is 17.7 Å².